The van der Waals surface area contributed by atoms with Gasteiger partial charge in [-0.3, -0.25) is 0 Å². The second-order valence-corrected chi connectivity index (χ2v) is 6.33. The van der Waals surface area contributed by atoms with Crippen LogP contribution in [0.5, 0.6) is 0 Å². The number of hydrogen-bond acceptors (Lipinski definition) is 1. The monoisotopic (exact) mass is 265 g/mol. The average molecular weight is 265 g/mol. The Morgan fingerprint density at radius 2 is 1.60 bits per heavy atom. The van der Waals surface area contributed by atoms with E-state index in [1.165, 1.54) is 35.1 Å². The molecular formula is C19H23N. The SMILES string of the molecule is Cc1cc(C)cc(CC(N)C2(c3ccccc3)CC2)c1. The van der Waals surface area contributed by atoms with E-state index in [2.05, 4.69) is 62.4 Å². The van der Waals surface area contributed by atoms with Crippen LogP contribution in [0.15, 0.2) is 48.5 Å². The van der Waals surface area contributed by atoms with Crippen molar-refractivity contribution in [2.45, 2.75) is 44.6 Å². The minimum Gasteiger partial charge on any atom is -0.327 e. The molecule has 0 radical (unpaired) electrons. The van der Waals surface area contributed by atoms with Gasteiger partial charge in [0.05, 0.1) is 0 Å². The van der Waals surface area contributed by atoms with E-state index in [0.29, 0.717) is 0 Å². The fraction of sp³-hybridized carbons (Fsp3) is 0.368. The molecular weight excluding hydrogens is 242 g/mol. The highest BCUT2D eigenvalue weighted by molar-refractivity contribution is 5.36. The van der Waals surface area contributed by atoms with E-state index in [0.717, 1.165) is 6.42 Å². The Labute approximate surface area is 121 Å². The third-order valence-corrected chi connectivity index (χ3v) is 4.58. The van der Waals surface area contributed by atoms with Crippen molar-refractivity contribution in [3.8, 4) is 0 Å². The molecule has 2 N–H and O–H groups in total. The largest absolute Gasteiger partial charge is 0.327 e. The average Bonchev–Trinajstić information content (AvgIpc) is 3.20. The van der Waals surface area contributed by atoms with Crippen LogP contribution in [0.25, 0.3) is 0 Å². The molecule has 1 heteroatoms. The number of aryl methyl sites for hydroxylation is 2. The molecule has 0 amide bonds. The second-order valence-electron chi connectivity index (χ2n) is 6.33. The lowest BCUT2D eigenvalue weighted by molar-refractivity contribution is 0.514. The van der Waals surface area contributed by atoms with Gasteiger partial charge in [-0.1, -0.05) is 59.7 Å². The molecule has 1 aliphatic carbocycles. The van der Waals surface area contributed by atoms with E-state index in [-0.39, 0.29) is 11.5 Å². The van der Waals surface area contributed by atoms with Crippen LogP contribution in [-0.2, 0) is 11.8 Å². The van der Waals surface area contributed by atoms with Gasteiger partial charge in [-0.05, 0) is 44.2 Å². The van der Waals surface area contributed by atoms with Gasteiger partial charge in [-0.15, -0.1) is 0 Å². The minimum absolute atomic E-state index is 0.214. The molecule has 1 unspecified atom stereocenters. The summed E-state index contributed by atoms with van der Waals surface area (Å²) in [7, 11) is 0. The zero-order valence-corrected chi connectivity index (χ0v) is 12.4. The number of hydrogen-bond donors (Lipinski definition) is 1. The van der Waals surface area contributed by atoms with Gasteiger partial charge in [0.1, 0.15) is 0 Å². The van der Waals surface area contributed by atoms with Gasteiger partial charge in [0.2, 0.25) is 0 Å². The number of rotatable bonds is 4. The van der Waals surface area contributed by atoms with E-state index >= 15 is 0 Å². The Kier molecular flexibility index (Phi) is 3.39. The van der Waals surface area contributed by atoms with Crippen molar-refractivity contribution in [2.75, 3.05) is 0 Å². The summed E-state index contributed by atoms with van der Waals surface area (Å²) in [5.41, 5.74) is 12.2. The van der Waals surface area contributed by atoms with Crippen molar-refractivity contribution >= 4 is 0 Å². The van der Waals surface area contributed by atoms with Crippen molar-refractivity contribution in [1.82, 2.24) is 0 Å². The molecule has 2 aromatic carbocycles. The fourth-order valence-electron chi connectivity index (χ4n) is 3.41. The Bertz CT molecular complexity index is 576. The van der Waals surface area contributed by atoms with Crippen LogP contribution in [0.2, 0.25) is 0 Å². The minimum atomic E-state index is 0.214. The highest BCUT2D eigenvalue weighted by Crippen LogP contribution is 2.50. The fourth-order valence-corrected chi connectivity index (χ4v) is 3.41. The van der Waals surface area contributed by atoms with Crippen molar-refractivity contribution in [3.63, 3.8) is 0 Å². The van der Waals surface area contributed by atoms with Gasteiger partial charge in [0.25, 0.3) is 0 Å². The molecule has 0 heterocycles. The summed E-state index contributed by atoms with van der Waals surface area (Å²) in [5, 5.41) is 0. The van der Waals surface area contributed by atoms with Crippen LogP contribution in [0.3, 0.4) is 0 Å². The molecule has 20 heavy (non-hydrogen) atoms. The number of benzene rings is 2. The molecule has 104 valence electrons. The molecule has 2 aromatic rings. The first-order valence-corrected chi connectivity index (χ1v) is 7.48. The van der Waals surface area contributed by atoms with Crippen LogP contribution < -0.4 is 5.73 Å². The topological polar surface area (TPSA) is 26.0 Å². The Hall–Kier alpha value is -1.60. The molecule has 0 aromatic heterocycles. The summed E-state index contributed by atoms with van der Waals surface area (Å²) in [6, 6.07) is 17.8. The van der Waals surface area contributed by atoms with Crippen molar-refractivity contribution < 1.29 is 0 Å². The van der Waals surface area contributed by atoms with E-state index < -0.39 is 0 Å². The third kappa shape index (κ3) is 2.51. The quantitative estimate of drug-likeness (QED) is 0.891. The van der Waals surface area contributed by atoms with E-state index in [1.807, 2.05) is 0 Å². The van der Waals surface area contributed by atoms with Gasteiger partial charge in [0, 0.05) is 11.5 Å². The van der Waals surface area contributed by atoms with Crippen LogP contribution in [0, 0.1) is 13.8 Å². The lowest BCUT2D eigenvalue weighted by atomic mass is 9.84. The summed E-state index contributed by atoms with van der Waals surface area (Å²) in [6.45, 7) is 4.32. The third-order valence-electron chi connectivity index (χ3n) is 4.58. The molecule has 1 fully saturated rings. The van der Waals surface area contributed by atoms with Gasteiger partial charge in [-0.25, -0.2) is 0 Å². The standard InChI is InChI=1S/C19H23N/c1-14-10-15(2)12-16(11-14)13-18(20)19(8-9-19)17-6-4-3-5-7-17/h3-7,10-12,18H,8-9,13,20H2,1-2H3. The summed E-state index contributed by atoms with van der Waals surface area (Å²) in [6.07, 6.45) is 3.42. The molecule has 1 aliphatic rings. The maximum Gasteiger partial charge on any atom is 0.0177 e. The maximum absolute atomic E-state index is 6.58. The predicted octanol–water partition coefficient (Wildman–Crippen LogP) is 3.91. The summed E-state index contributed by atoms with van der Waals surface area (Å²) in [4.78, 5) is 0. The van der Waals surface area contributed by atoms with Gasteiger partial charge < -0.3 is 5.73 Å². The normalized spacial score (nSPS) is 17.8. The lowest BCUT2D eigenvalue weighted by Gasteiger charge is -2.24. The van der Waals surface area contributed by atoms with Crippen molar-refractivity contribution in [3.05, 3.63) is 70.8 Å². The van der Waals surface area contributed by atoms with Crippen molar-refractivity contribution in [2.24, 2.45) is 5.73 Å². The molecule has 1 nitrogen and oxygen atoms in total. The molecule has 3 rings (SSSR count). The number of nitrogens with two attached hydrogens (primary N) is 1. The summed E-state index contributed by atoms with van der Waals surface area (Å²) < 4.78 is 0. The van der Waals surface area contributed by atoms with Crippen LogP contribution in [0.1, 0.15) is 35.1 Å². The van der Waals surface area contributed by atoms with Crippen LogP contribution in [0.4, 0.5) is 0 Å². The maximum atomic E-state index is 6.58. The van der Waals surface area contributed by atoms with E-state index in [9.17, 15) is 0 Å². The zero-order valence-electron chi connectivity index (χ0n) is 12.4. The summed E-state index contributed by atoms with van der Waals surface area (Å²) >= 11 is 0. The first-order chi connectivity index (χ1) is 9.60. The van der Waals surface area contributed by atoms with Crippen molar-refractivity contribution in [1.29, 1.82) is 0 Å². The van der Waals surface area contributed by atoms with Gasteiger partial charge in [0.15, 0.2) is 0 Å². The van der Waals surface area contributed by atoms with E-state index in [4.69, 9.17) is 5.73 Å². The first kappa shape index (κ1) is 13.4. The Balaban J connectivity index is 1.81. The van der Waals surface area contributed by atoms with Gasteiger partial charge >= 0.3 is 0 Å². The van der Waals surface area contributed by atoms with Gasteiger partial charge in [-0.2, -0.15) is 0 Å². The Morgan fingerprint density at radius 3 is 2.15 bits per heavy atom. The van der Waals surface area contributed by atoms with Crippen LogP contribution in [-0.4, -0.2) is 6.04 Å². The molecule has 0 saturated heterocycles. The molecule has 1 saturated carbocycles. The first-order valence-electron chi connectivity index (χ1n) is 7.48. The highest BCUT2D eigenvalue weighted by atomic mass is 14.7. The predicted molar refractivity (Wildman–Crippen MR) is 84.9 cm³/mol. The lowest BCUT2D eigenvalue weighted by Crippen LogP contribution is -2.36. The second kappa shape index (κ2) is 5.06. The highest BCUT2D eigenvalue weighted by Gasteiger charge is 2.48. The Morgan fingerprint density at radius 1 is 1.00 bits per heavy atom. The zero-order chi connectivity index (χ0) is 14.2. The molecule has 0 spiro atoms. The smallest absolute Gasteiger partial charge is 0.0177 e. The molecule has 1 atom stereocenters. The van der Waals surface area contributed by atoms with Crippen LogP contribution >= 0.6 is 0 Å². The molecule has 0 bridgehead atoms. The summed E-state index contributed by atoms with van der Waals surface area (Å²) in [5.74, 6) is 0. The molecule has 0 aliphatic heterocycles. The van der Waals surface area contributed by atoms with E-state index in [1.54, 1.807) is 0 Å².